The van der Waals surface area contributed by atoms with Crippen LogP contribution in [0.3, 0.4) is 0 Å². The van der Waals surface area contributed by atoms with Crippen LogP contribution in [0.15, 0.2) is 65.6 Å². The lowest BCUT2D eigenvalue weighted by atomic mass is 10.1. The van der Waals surface area contributed by atoms with Crippen LogP contribution in [0.25, 0.3) is 0 Å². The summed E-state index contributed by atoms with van der Waals surface area (Å²) in [6.45, 7) is 7.27. The summed E-state index contributed by atoms with van der Waals surface area (Å²) in [5.74, 6) is -0.298. The standard InChI is InChI=1S/C24H25FN2O4S/c1-15(2)31-20-9-11-23(17(4)12-20)26-24(28)18-6-5-7-19(13-18)27-32(29,30)21-10-8-16(3)22(25)14-21/h5-15,27H,1-4H3,(H,26,28). The largest absolute Gasteiger partial charge is 0.491 e. The summed E-state index contributed by atoms with van der Waals surface area (Å²) in [5, 5.41) is 2.82. The van der Waals surface area contributed by atoms with Crippen molar-refractivity contribution in [3.8, 4) is 5.75 Å². The minimum absolute atomic E-state index is 0.0396. The second-order valence-corrected chi connectivity index (χ2v) is 9.38. The van der Waals surface area contributed by atoms with Crippen LogP contribution in [0.5, 0.6) is 5.75 Å². The number of hydrogen-bond donors (Lipinski definition) is 2. The summed E-state index contributed by atoms with van der Waals surface area (Å²) < 4.78 is 47.0. The van der Waals surface area contributed by atoms with Crippen LogP contribution < -0.4 is 14.8 Å². The molecular weight excluding hydrogens is 431 g/mol. The van der Waals surface area contributed by atoms with Crippen molar-refractivity contribution in [1.82, 2.24) is 0 Å². The Hall–Kier alpha value is -3.39. The summed E-state index contributed by atoms with van der Waals surface area (Å²) in [4.78, 5) is 12.5. The summed E-state index contributed by atoms with van der Waals surface area (Å²) >= 11 is 0. The highest BCUT2D eigenvalue weighted by Gasteiger charge is 2.17. The van der Waals surface area contributed by atoms with E-state index in [-0.39, 0.29) is 22.3 Å². The highest BCUT2D eigenvalue weighted by Crippen LogP contribution is 2.24. The van der Waals surface area contributed by atoms with Gasteiger partial charge in [0.15, 0.2) is 0 Å². The molecule has 0 atom stereocenters. The lowest BCUT2D eigenvalue weighted by molar-refractivity contribution is 0.102. The molecule has 0 fully saturated rings. The maximum Gasteiger partial charge on any atom is 0.261 e. The molecule has 168 valence electrons. The molecule has 0 unspecified atom stereocenters. The zero-order valence-electron chi connectivity index (χ0n) is 18.3. The Morgan fingerprint density at radius 2 is 1.72 bits per heavy atom. The van der Waals surface area contributed by atoms with E-state index in [1.54, 1.807) is 31.2 Å². The van der Waals surface area contributed by atoms with Crippen molar-refractivity contribution in [2.24, 2.45) is 0 Å². The number of ether oxygens (including phenoxy) is 1. The Kier molecular flexibility index (Phi) is 6.84. The average Bonchev–Trinajstić information content (AvgIpc) is 2.71. The lowest BCUT2D eigenvalue weighted by Crippen LogP contribution is -2.16. The van der Waals surface area contributed by atoms with E-state index in [2.05, 4.69) is 10.0 Å². The molecule has 0 aliphatic carbocycles. The van der Waals surface area contributed by atoms with E-state index in [0.29, 0.717) is 17.0 Å². The highest BCUT2D eigenvalue weighted by atomic mass is 32.2. The summed E-state index contributed by atoms with van der Waals surface area (Å²) in [6.07, 6.45) is 0.0396. The molecule has 0 aliphatic heterocycles. The van der Waals surface area contributed by atoms with Gasteiger partial charge in [-0.3, -0.25) is 9.52 Å². The fraction of sp³-hybridized carbons (Fsp3) is 0.208. The number of rotatable bonds is 7. The minimum atomic E-state index is -4.01. The number of carbonyl (C=O) groups excluding carboxylic acids is 1. The van der Waals surface area contributed by atoms with Gasteiger partial charge in [0, 0.05) is 16.9 Å². The third-order valence-corrected chi connectivity index (χ3v) is 6.03. The predicted octanol–water partition coefficient (Wildman–Crippen LogP) is 5.28. The molecule has 32 heavy (non-hydrogen) atoms. The predicted molar refractivity (Wildman–Crippen MR) is 123 cm³/mol. The average molecular weight is 457 g/mol. The molecule has 0 bridgehead atoms. The van der Waals surface area contributed by atoms with Crippen LogP contribution in [0.4, 0.5) is 15.8 Å². The summed E-state index contributed by atoms with van der Waals surface area (Å²) in [6, 6.07) is 15.1. The molecule has 0 aromatic heterocycles. The maximum absolute atomic E-state index is 13.8. The Morgan fingerprint density at radius 1 is 0.969 bits per heavy atom. The number of hydrogen-bond acceptors (Lipinski definition) is 4. The first kappa shape index (κ1) is 23.3. The first-order valence-electron chi connectivity index (χ1n) is 10.0. The second kappa shape index (κ2) is 9.40. The van der Waals surface area contributed by atoms with Crippen molar-refractivity contribution in [3.05, 3.63) is 83.2 Å². The van der Waals surface area contributed by atoms with E-state index >= 15 is 0 Å². The van der Waals surface area contributed by atoms with Crippen molar-refractivity contribution in [2.75, 3.05) is 10.0 Å². The molecule has 2 N–H and O–H groups in total. The van der Waals surface area contributed by atoms with Crippen LogP contribution in [0.2, 0.25) is 0 Å². The molecule has 3 aromatic carbocycles. The lowest BCUT2D eigenvalue weighted by Gasteiger charge is -2.14. The van der Waals surface area contributed by atoms with Crippen LogP contribution >= 0.6 is 0 Å². The van der Waals surface area contributed by atoms with Crippen LogP contribution in [-0.2, 0) is 10.0 Å². The van der Waals surface area contributed by atoms with Gasteiger partial charge in [-0.2, -0.15) is 0 Å². The van der Waals surface area contributed by atoms with Crippen molar-refractivity contribution in [2.45, 2.75) is 38.7 Å². The molecule has 3 aromatic rings. The zero-order chi connectivity index (χ0) is 23.5. The van der Waals surface area contributed by atoms with Gasteiger partial charge in [0.25, 0.3) is 15.9 Å². The van der Waals surface area contributed by atoms with Crippen LogP contribution in [0, 0.1) is 19.7 Å². The normalized spacial score (nSPS) is 11.3. The molecule has 0 heterocycles. The third-order valence-electron chi connectivity index (χ3n) is 4.65. The molecule has 0 saturated carbocycles. The van der Waals surface area contributed by atoms with Crippen LogP contribution in [0.1, 0.15) is 35.3 Å². The van der Waals surface area contributed by atoms with E-state index in [4.69, 9.17) is 4.74 Å². The smallest absolute Gasteiger partial charge is 0.261 e. The van der Waals surface area contributed by atoms with Crippen molar-refractivity contribution in [1.29, 1.82) is 0 Å². The number of nitrogens with one attached hydrogen (secondary N) is 2. The summed E-state index contributed by atoms with van der Waals surface area (Å²) in [5.41, 5.74) is 2.25. The first-order chi connectivity index (χ1) is 15.0. The number of carbonyl (C=O) groups is 1. The first-order valence-corrected chi connectivity index (χ1v) is 11.5. The Morgan fingerprint density at radius 3 is 2.38 bits per heavy atom. The summed E-state index contributed by atoms with van der Waals surface area (Å²) in [7, 11) is -4.01. The number of aryl methyl sites for hydroxylation is 2. The van der Waals surface area contributed by atoms with E-state index in [1.165, 1.54) is 24.3 Å². The van der Waals surface area contributed by atoms with E-state index in [9.17, 15) is 17.6 Å². The molecule has 3 rings (SSSR count). The van der Waals surface area contributed by atoms with Gasteiger partial charge in [-0.1, -0.05) is 12.1 Å². The molecule has 0 saturated heterocycles. The van der Waals surface area contributed by atoms with Crippen molar-refractivity contribution >= 4 is 27.3 Å². The number of sulfonamides is 1. The van der Waals surface area contributed by atoms with Gasteiger partial charge in [-0.15, -0.1) is 0 Å². The molecule has 0 aliphatic rings. The van der Waals surface area contributed by atoms with Gasteiger partial charge in [-0.05, 0) is 87.4 Å². The SMILES string of the molecule is Cc1ccc(S(=O)(=O)Nc2cccc(C(=O)Nc3ccc(OC(C)C)cc3C)c2)cc1F. The molecule has 0 spiro atoms. The molecule has 1 amide bonds. The minimum Gasteiger partial charge on any atom is -0.491 e. The number of benzene rings is 3. The maximum atomic E-state index is 13.8. The third kappa shape index (κ3) is 5.64. The molecule has 6 nitrogen and oxygen atoms in total. The zero-order valence-corrected chi connectivity index (χ0v) is 19.1. The second-order valence-electron chi connectivity index (χ2n) is 7.69. The van der Waals surface area contributed by atoms with Crippen molar-refractivity contribution < 1.29 is 22.3 Å². The highest BCUT2D eigenvalue weighted by molar-refractivity contribution is 7.92. The van der Waals surface area contributed by atoms with Crippen LogP contribution in [-0.4, -0.2) is 20.4 Å². The van der Waals surface area contributed by atoms with Gasteiger partial charge in [-0.25, -0.2) is 12.8 Å². The van der Waals surface area contributed by atoms with E-state index < -0.39 is 21.7 Å². The molecule has 0 radical (unpaired) electrons. The number of amides is 1. The van der Waals surface area contributed by atoms with Gasteiger partial charge >= 0.3 is 0 Å². The van der Waals surface area contributed by atoms with E-state index in [1.807, 2.05) is 26.8 Å². The van der Waals surface area contributed by atoms with Gasteiger partial charge in [0.05, 0.1) is 11.0 Å². The van der Waals surface area contributed by atoms with E-state index in [0.717, 1.165) is 11.6 Å². The monoisotopic (exact) mass is 456 g/mol. The van der Waals surface area contributed by atoms with Gasteiger partial charge in [0.1, 0.15) is 11.6 Å². The Labute approximate surface area is 187 Å². The Balaban J connectivity index is 1.77. The van der Waals surface area contributed by atoms with Gasteiger partial charge in [0.2, 0.25) is 0 Å². The molecule has 8 heteroatoms. The number of anilines is 2. The quantitative estimate of drug-likeness (QED) is 0.506. The number of halogens is 1. The molecular formula is C24H25FN2O4S. The van der Waals surface area contributed by atoms with Gasteiger partial charge < -0.3 is 10.1 Å². The van der Waals surface area contributed by atoms with Crippen molar-refractivity contribution in [3.63, 3.8) is 0 Å². The fourth-order valence-electron chi connectivity index (χ4n) is 3.00. The topological polar surface area (TPSA) is 84.5 Å². The Bertz CT molecular complexity index is 1260. The fourth-order valence-corrected chi connectivity index (χ4v) is 4.06.